The van der Waals surface area contributed by atoms with Crippen LogP contribution in [-0.4, -0.2) is 24.3 Å². The lowest BCUT2D eigenvalue weighted by Crippen LogP contribution is -2.57. The van der Waals surface area contributed by atoms with Crippen LogP contribution in [-0.2, 0) is 9.53 Å². The molecule has 1 aliphatic carbocycles. The molecule has 1 unspecified atom stereocenters. The van der Waals surface area contributed by atoms with Gasteiger partial charge >= 0.3 is 12.1 Å². The molecule has 94 valence electrons. The molecule has 0 heterocycles. The van der Waals surface area contributed by atoms with Crippen molar-refractivity contribution < 1.29 is 22.7 Å². The highest BCUT2D eigenvalue weighted by molar-refractivity contribution is 5.81. The van der Waals surface area contributed by atoms with Gasteiger partial charge in [0.2, 0.25) is 5.54 Å². The third-order valence-corrected chi connectivity index (χ3v) is 3.00. The predicted octanol–water partition coefficient (Wildman–Crippen LogP) is 2.00. The van der Waals surface area contributed by atoms with Crippen molar-refractivity contribution >= 4 is 5.97 Å². The van der Waals surface area contributed by atoms with E-state index in [9.17, 15) is 18.0 Å². The standard InChI is InChI=1S/C10H16F3NO2/c1-9(14,10(11,12)13)8(15)16-6-5-7-3-2-4-7/h7H,2-6,14H2,1H3. The minimum Gasteiger partial charge on any atom is -0.464 e. The molecule has 0 radical (unpaired) electrons. The Kier molecular flexibility index (Phi) is 3.83. The van der Waals surface area contributed by atoms with Gasteiger partial charge in [0.1, 0.15) is 0 Å². The zero-order valence-electron chi connectivity index (χ0n) is 9.14. The fourth-order valence-electron chi connectivity index (χ4n) is 1.37. The first-order valence-electron chi connectivity index (χ1n) is 5.28. The maximum Gasteiger partial charge on any atom is 0.416 e. The summed E-state index contributed by atoms with van der Waals surface area (Å²) in [5.41, 5.74) is 1.99. The number of nitrogens with two attached hydrogens (primary N) is 1. The Bertz CT molecular complexity index is 259. The summed E-state index contributed by atoms with van der Waals surface area (Å²) in [7, 11) is 0. The van der Waals surface area contributed by atoms with Gasteiger partial charge in [-0.15, -0.1) is 0 Å². The third kappa shape index (κ3) is 2.87. The van der Waals surface area contributed by atoms with Gasteiger partial charge < -0.3 is 10.5 Å². The summed E-state index contributed by atoms with van der Waals surface area (Å²) < 4.78 is 41.5. The smallest absolute Gasteiger partial charge is 0.416 e. The molecule has 0 aromatic carbocycles. The minimum atomic E-state index is -4.78. The van der Waals surface area contributed by atoms with Gasteiger partial charge in [-0.2, -0.15) is 13.2 Å². The molecule has 1 saturated carbocycles. The molecule has 6 heteroatoms. The van der Waals surface area contributed by atoms with Gasteiger partial charge in [-0.3, -0.25) is 0 Å². The molecule has 3 nitrogen and oxygen atoms in total. The van der Waals surface area contributed by atoms with Crippen molar-refractivity contribution in [2.75, 3.05) is 6.61 Å². The molecule has 0 aliphatic heterocycles. The van der Waals surface area contributed by atoms with E-state index in [2.05, 4.69) is 4.74 Å². The van der Waals surface area contributed by atoms with Gasteiger partial charge in [-0.25, -0.2) is 4.79 Å². The molecule has 0 amide bonds. The van der Waals surface area contributed by atoms with Crippen LogP contribution in [0.25, 0.3) is 0 Å². The van der Waals surface area contributed by atoms with Gasteiger partial charge in [0, 0.05) is 0 Å². The molecule has 0 spiro atoms. The quantitative estimate of drug-likeness (QED) is 0.763. The summed E-state index contributed by atoms with van der Waals surface area (Å²) >= 11 is 0. The highest BCUT2D eigenvalue weighted by atomic mass is 19.4. The lowest BCUT2D eigenvalue weighted by Gasteiger charge is -2.27. The van der Waals surface area contributed by atoms with Crippen molar-refractivity contribution in [3.8, 4) is 0 Å². The van der Waals surface area contributed by atoms with Gasteiger partial charge in [-0.05, 0) is 19.3 Å². The van der Waals surface area contributed by atoms with Crippen LogP contribution in [0.4, 0.5) is 13.2 Å². The fraction of sp³-hybridized carbons (Fsp3) is 0.900. The maximum absolute atomic E-state index is 12.3. The lowest BCUT2D eigenvalue weighted by molar-refractivity contribution is -0.202. The van der Waals surface area contributed by atoms with E-state index in [0.717, 1.165) is 19.3 Å². The van der Waals surface area contributed by atoms with Crippen molar-refractivity contribution in [3.05, 3.63) is 0 Å². The number of carbonyl (C=O) groups is 1. The molecule has 0 aromatic rings. The number of hydrogen-bond acceptors (Lipinski definition) is 3. The molecular weight excluding hydrogens is 223 g/mol. The van der Waals surface area contributed by atoms with Crippen molar-refractivity contribution in [2.45, 2.75) is 44.3 Å². The molecule has 0 saturated heterocycles. The number of halogens is 3. The van der Waals surface area contributed by atoms with Crippen LogP contribution >= 0.6 is 0 Å². The monoisotopic (exact) mass is 239 g/mol. The van der Waals surface area contributed by atoms with E-state index in [0.29, 0.717) is 19.3 Å². The first kappa shape index (κ1) is 13.3. The SMILES string of the molecule is CC(N)(C(=O)OCCC1CCC1)C(F)(F)F. The lowest BCUT2D eigenvalue weighted by atomic mass is 9.83. The van der Waals surface area contributed by atoms with E-state index in [1.807, 2.05) is 0 Å². The average Bonchev–Trinajstić information content (AvgIpc) is 2.06. The third-order valence-electron chi connectivity index (χ3n) is 3.00. The topological polar surface area (TPSA) is 52.3 Å². The highest BCUT2D eigenvalue weighted by Gasteiger charge is 2.55. The van der Waals surface area contributed by atoms with Crippen molar-refractivity contribution in [1.82, 2.24) is 0 Å². The molecular formula is C10H16F3NO2. The minimum absolute atomic E-state index is 0.0202. The van der Waals surface area contributed by atoms with E-state index < -0.39 is 17.7 Å². The Morgan fingerprint density at radius 3 is 2.38 bits per heavy atom. The zero-order chi connectivity index (χ0) is 12.4. The van der Waals surface area contributed by atoms with Crippen LogP contribution in [0.15, 0.2) is 0 Å². The Morgan fingerprint density at radius 1 is 1.44 bits per heavy atom. The number of alkyl halides is 3. The van der Waals surface area contributed by atoms with E-state index in [1.165, 1.54) is 0 Å². The second-order valence-corrected chi connectivity index (χ2v) is 4.42. The van der Waals surface area contributed by atoms with Gasteiger partial charge in [0.15, 0.2) is 0 Å². The second-order valence-electron chi connectivity index (χ2n) is 4.42. The molecule has 1 aliphatic rings. The molecule has 1 rings (SSSR count). The van der Waals surface area contributed by atoms with Gasteiger partial charge in [0.05, 0.1) is 6.61 Å². The van der Waals surface area contributed by atoms with E-state index in [-0.39, 0.29) is 6.61 Å². The van der Waals surface area contributed by atoms with Crippen molar-refractivity contribution in [1.29, 1.82) is 0 Å². The average molecular weight is 239 g/mol. The van der Waals surface area contributed by atoms with Gasteiger partial charge in [0.25, 0.3) is 0 Å². The highest BCUT2D eigenvalue weighted by Crippen LogP contribution is 2.31. The molecule has 2 N–H and O–H groups in total. The predicted molar refractivity (Wildman–Crippen MR) is 51.6 cm³/mol. The van der Waals surface area contributed by atoms with Crippen LogP contribution in [0.3, 0.4) is 0 Å². The van der Waals surface area contributed by atoms with E-state index in [1.54, 1.807) is 0 Å². The second kappa shape index (κ2) is 4.61. The first-order chi connectivity index (χ1) is 7.25. The largest absolute Gasteiger partial charge is 0.464 e. The Hall–Kier alpha value is -0.780. The summed E-state index contributed by atoms with van der Waals surface area (Å²) in [6.07, 6.45) is -0.872. The van der Waals surface area contributed by atoms with E-state index in [4.69, 9.17) is 5.73 Å². The van der Waals surface area contributed by atoms with E-state index >= 15 is 0 Å². The molecule has 1 atom stereocenters. The van der Waals surface area contributed by atoms with Crippen LogP contribution in [0, 0.1) is 5.92 Å². The number of carbonyl (C=O) groups excluding carboxylic acids is 1. The molecule has 0 aromatic heterocycles. The van der Waals surface area contributed by atoms with Crippen LogP contribution in [0.2, 0.25) is 0 Å². The van der Waals surface area contributed by atoms with Crippen molar-refractivity contribution in [2.24, 2.45) is 11.7 Å². The maximum atomic E-state index is 12.3. The Labute approximate surface area is 92.1 Å². The zero-order valence-corrected chi connectivity index (χ0v) is 9.14. The van der Waals surface area contributed by atoms with Gasteiger partial charge in [-0.1, -0.05) is 19.3 Å². The number of rotatable bonds is 4. The molecule has 16 heavy (non-hydrogen) atoms. The summed E-state index contributed by atoms with van der Waals surface area (Å²) in [6.45, 7) is 0.644. The number of esters is 1. The summed E-state index contributed by atoms with van der Waals surface area (Å²) in [5, 5.41) is 0. The first-order valence-corrected chi connectivity index (χ1v) is 5.28. The Balaban J connectivity index is 2.33. The number of ether oxygens (including phenoxy) is 1. The van der Waals surface area contributed by atoms with Crippen LogP contribution in [0.1, 0.15) is 32.6 Å². The summed E-state index contributed by atoms with van der Waals surface area (Å²) in [6, 6.07) is 0. The molecule has 1 fully saturated rings. The number of hydrogen-bond donors (Lipinski definition) is 1. The van der Waals surface area contributed by atoms with Crippen molar-refractivity contribution in [3.63, 3.8) is 0 Å². The summed E-state index contributed by atoms with van der Waals surface area (Å²) in [4.78, 5) is 11.1. The summed E-state index contributed by atoms with van der Waals surface area (Å²) in [5.74, 6) is -0.915. The molecule has 0 bridgehead atoms. The fourth-order valence-corrected chi connectivity index (χ4v) is 1.37. The van der Waals surface area contributed by atoms with Crippen LogP contribution < -0.4 is 5.73 Å². The Morgan fingerprint density at radius 2 is 2.00 bits per heavy atom. The van der Waals surface area contributed by atoms with Crippen LogP contribution in [0.5, 0.6) is 0 Å². The normalized spacial score (nSPS) is 21.1.